The Morgan fingerprint density at radius 1 is 1.58 bits per heavy atom. The van der Waals surface area contributed by atoms with Gasteiger partial charge in [-0.2, -0.15) is 0 Å². The van der Waals surface area contributed by atoms with Crippen molar-refractivity contribution >= 4 is 17.3 Å². The second-order valence-electron chi connectivity index (χ2n) is 4.62. The third-order valence-electron chi connectivity index (χ3n) is 3.49. The summed E-state index contributed by atoms with van der Waals surface area (Å²) in [5.74, 6) is -1.21. The van der Waals surface area contributed by atoms with E-state index in [-0.39, 0.29) is 0 Å². The Bertz CT molecular complexity index is 636. The minimum Gasteiger partial charge on any atom is -0.481 e. The van der Waals surface area contributed by atoms with Gasteiger partial charge in [-0.3, -0.25) is 9.78 Å². The van der Waals surface area contributed by atoms with Crippen molar-refractivity contribution in [1.29, 1.82) is 0 Å². The number of aromatic nitrogens is 2. The highest BCUT2D eigenvalue weighted by atomic mass is 32.1. The van der Waals surface area contributed by atoms with Crippen LogP contribution >= 0.6 is 11.3 Å². The quantitative estimate of drug-likeness (QED) is 0.934. The van der Waals surface area contributed by atoms with Crippen LogP contribution in [0.2, 0.25) is 0 Å². The average Bonchev–Trinajstić information content (AvgIpc) is 2.97. The van der Waals surface area contributed by atoms with Crippen LogP contribution in [0.4, 0.5) is 0 Å². The van der Waals surface area contributed by atoms with Gasteiger partial charge in [0.1, 0.15) is 16.6 Å². The molecule has 0 aromatic carbocycles. The van der Waals surface area contributed by atoms with Gasteiger partial charge in [0.2, 0.25) is 0 Å². The first-order valence-electron chi connectivity index (χ1n) is 6.37. The summed E-state index contributed by atoms with van der Waals surface area (Å²) in [6, 6.07) is 3.97. The maximum Gasteiger partial charge on any atom is 0.312 e. The van der Waals surface area contributed by atoms with E-state index in [1.165, 1.54) is 0 Å². The minimum atomic E-state index is -0.771. The van der Waals surface area contributed by atoms with Crippen LogP contribution in [0, 0.1) is 0 Å². The van der Waals surface area contributed by atoms with Crippen molar-refractivity contribution in [3.8, 4) is 10.7 Å². The second-order valence-corrected chi connectivity index (χ2v) is 5.71. The third-order valence-corrected chi connectivity index (χ3v) is 4.63. The van der Waals surface area contributed by atoms with Crippen molar-refractivity contribution in [2.24, 2.45) is 0 Å². The predicted molar refractivity (Wildman–Crippen MR) is 73.4 cm³/mol. The Balaban J connectivity index is 2.05. The Morgan fingerprint density at radius 2 is 2.42 bits per heavy atom. The van der Waals surface area contributed by atoms with E-state index in [1.54, 1.807) is 17.5 Å². The number of hydrogen-bond acceptors (Lipinski definition) is 4. The number of thiazole rings is 1. The average molecular weight is 274 g/mol. The molecule has 2 aromatic heterocycles. The maximum absolute atomic E-state index is 11.2. The fourth-order valence-corrected chi connectivity index (χ4v) is 3.66. The van der Waals surface area contributed by atoms with E-state index in [0.29, 0.717) is 6.42 Å². The Hall–Kier alpha value is -1.75. The lowest BCUT2D eigenvalue weighted by molar-refractivity contribution is -0.138. The summed E-state index contributed by atoms with van der Waals surface area (Å²) in [6.45, 7) is 2.09. The molecule has 2 aromatic rings. The monoisotopic (exact) mass is 274 g/mol. The van der Waals surface area contributed by atoms with E-state index < -0.39 is 11.9 Å². The molecule has 3 rings (SSSR count). The standard InChI is InChI=1S/C14H14N2O2S/c1-2-8-4-3-7-15-11(8)13-16-12-9(14(17)18)5-6-10(12)19-13/h3-4,7,9H,2,5-6H2,1H3,(H,17,18). The number of rotatable bonds is 3. The number of carboxylic acids is 1. The minimum absolute atomic E-state index is 0.436. The van der Waals surface area contributed by atoms with Crippen molar-refractivity contribution in [1.82, 2.24) is 9.97 Å². The van der Waals surface area contributed by atoms with Crippen molar-refractivity contribution in [3.05, 3.63) is 34.5 Å². The summed E-state index contributed by atoms with van der Waals surface area (Å²) >= 11 is 1.59. The van der Waals surface area contributed by atoms with E-state index in [4.69, 9.17) is 0 Å². The van der Waals surface area contributed by atoms with Crippen molar-refractivity contribution < 1.29 is 9.90 Å². The van der Waals surface area contributed by atoms with Crippen LogP contribution in [0.15, 0.2) is 18.3 Å². The molecule has 1 aliphatic carbocycles. The van der Waals surface area contributed by atoms with Crippen molar-refractivity contribution in [3.63, 3.8) is 0 Å². The molecule has 1 atom stereocenters. The van der Waals surface area contributed by atoms with Gasteiger partial charge in [-0.1, -0.05) is 13.0 Å². The van der Waals surface area contributed by atoms with Crippen LogP contribution in [0.5, 0.6) is 0 Å². The van der Waals surface area contributed by atoms with Crippen LogP contribution in [0.3, 0.4) is 0 Å². The topological polar surface area (TPSA) is 63.1 Å². The molecule has 98 valence electrons. The lowest BCUT2D eigenvalue weighted by Crippen LogP contribution is -2.08. The summed E-state index contributed by atoms with van der Waals surface area (Å²) in [4.78, 5) is 21.2. The van der Waals surface area contributed by atoms with Crippen molar-refractivity contribution in [2.45, 2.75) is 32.1 Å². The smallest absolute Gasteiger partial charge is 0.312 e. The van der Waals surface area contributed by atoms with E-state index in [1.807, 2.05) is 12.1 Å². The maximum atomic E-state index is 11.2. The molecule has 1 unspecified atom stereocenters. The number of fused-ring (bicyclic) bond motifs is 1. The van der Waals surface area contributed by atoms with E-state index >= 15 is 0 Å². The zero-order valence-electron chi connectivity index (χ0n) is 10.6. The number of pyridine rings is 1. The summed E-state index contributed by atoms with van der Waals surface area (Å²) in [6.07, 6.45) is 4.15. The Kier molecular flexibility index (Phi) is 3.06. The molecule has 0 spiro atoms. The largest absolute Gasteiger partial charge is 0.481 e. The van der Waals surface area contributed by atoms with Gasteiger partial charge in [-0.25, -0.2) is 4.98 Å². The van der Waals surface area contributed by atoms with E-state index in [9.17, 15) is 9.90 Å². The number of carboxylic acid groups (broad SMARTS) is 1. The van der Waals surface area contributed by atoms with Crippen LogP contribution in [-0.4, -0.2) is 21.0 Å². The SMILES string of the molecule is CCc1cccnc1-c1nc2c(s1)CCC2C(=O)O. The molecule has 0 aliphatic heterocycles. The van der Waals surface area contributed by atoms with Crippen molar-refractivity contribution in [2.75, 3.05) is 0 Å². The predicted octanol–water partition coefficient (Wildman–Crippen LogP) is 2.88. The Labute approximate surface area is 115 Å². The molecule has 0 amide bonds. The fourth-order valence-electron chi connectivity index (χ4n) is 2.49. The first-order chi connectivity index (χ1) is 9.20. The van der Waals surface area contributed by atoms with Gasteiger partial charge in [0.05, 0.1) is 5.69 Å². The summed E-state index contributed by atoms with van der Waals surface area (Å²) in [5, 5.41) is 10.0. The molecule has 2 heterocycles. The Morgan fingerprint density at radius 3 is 3.16 bits per heavy atom. The lowest BCUT2D eigenvalue weighted by Gasteiger charge is -2.04. The van der Waals surface area contributed by atoms with Crippen LogP contribution in [0.1, 0.15) is 35.4 Å². The zero-order chi connectivity index (χ0) is 13.4. The normalized spacial score (nSPS) is 17.4. The number of aliphatic carboxylic acids is 1. The van der Waals surface area contributed by atoms with Gasteiger partial charge in [0.15, 0.2) is 0 Å². The molecule has 0 saturated carbocycles. The molecule has 0 saturated heterocycles. The van der Waals surface area contributed by atoms with Crippen LogP contribution < -0.4 is 0 Å². The first kappa shape index (κ1) is 12.3. The second kappa shape index (κ2) is 4.74. The van der Waals surface area contributed by atoms with Crippen LogP contribution in [-0.2, 0) is 17.6 Å². The third kappa shape index (κ3) is 2.04. The van der Waals surface area contributed by atoms with E-state index in [0.717, 1.165) is 39.7 Å². The highest BCUT2D eigenvalue weighted by Crippen LogP contribution is 2.39. The number of carbonyl (C=O) groups is 1. The van der Waals surface area contributed by atoms with Crippen LogP contribution in [0.25, 0.3) is 10.7 Å². The molecule has 5 heteroatoms. The highest BCUT2D eigenvalue weighted by Gasteiger charge is 2.32. The number of nitrogens with zero attached hydrogens (tertiary/aromatic N) is 2. The van der Waals surface area contributed by atoms with Gasteiger partial charge in [0.25, 0.3) is 0 Å². The van der Waals surface area contributed by atoms with Gasteiger partial charge >= 0.3 is 5.97 Å². The highest BCUT2D eigenvalue weighted by molar-refractivity contribution is 7.15. The van der Waals surface area contributed by atoms with E-state index in [2.05, 4.69) is 16.9 Å². The van der Waals surface area contributed by atoms with Gasteiger partial charge in [-0.05, 0) is 30.9 Å². The lowest BCUT2D eigenvalue weighted by atomic mass is 10.1. The molecule has 19 heavy (non-hydrogen) atoms. The number of aryl methyl sites for hydroxylation is 2. The molecule has 4 nitrogen and oxygen atoms in total. The molecule has 0 fully saturated rings. The molecule has 0 bridgehead atoms. The van der Waals surface area contributed by atoms with Gasteiger partial charge in [0, 0.05) is 11.1 Å². The molecule has 0 radical (unpaired) electrons. The summed E-state index contributed by atoms with van der Waals surface area (Å²) in [7, 11) is 0. The molecular weight excluding hydrogens is 260 g/mol. The first-order valence-corrected chi connectivity index (χ1v) is 7.19. The molecule has 1 N–H and O–H groups in total. The summed E-state index contributed by atoms with van der Waals surface area (Å²) < 4.78 is 0. The molecular formula is C14H14N2O2S. The molecule has 1 aliphatic rings. The summed E-state index contributed by atoms with van der Waals surface area (Å²) in [5.41, 5.74) is 2.80. The van der Waals surface area contributed by atoms with Gasteiger partial charge in [-0.15, -0.1) is 11.3 Å². The number of hydrogen-bond donors (Lipinski definition) is 1. The van der Waals surface area contributed by atoms with Gasteiger partial charge < -0.3 is 5.11 Å². The zero-order valence-corrected chi connectivity index (χ0v) is 11.4. The fraction of sp³-hybridized carbons (Fsp3) is 0.357.